The summed E-state index contributed by atoms with van der Waals surface area (Å²) in [6.45, 7) is 2.80. The summed E-state index contributed by atoms with van der Waals surface area (Å²) in [5, 5.41) is 12.3. The lowest BCUT2D eigenvalue weighted by Crippen LogP contribution is -2.15. The Morgan fingerprint density at radius 3 is 2.54 bits per heavy atom. The third-order valence-corrected chi connectivity index (χ3v) is 5.54. The van der Waals surface area contributed by atoms with E-state index < -0.39 is 0 Å². The van der Waals surface area contributed by atoms with Gasteiger partial charge in [-0.3, -0.25) is 4.79 Å². The Morgan fingerprint density at radius 2 is 1.81 bits per heavy atom. The van der Waals surface area contributed by atoms with Crippen molar-refractivity contribution in [3.05, 3.63) is 54.6 Å². The van der Waals surface area contributed by atoms with Crippen LogP contribution in [-0.2, 0) is 11.3 Å². The molecule has 0 atom stereocenters. The second-order valence-electron chi connectivity index (χ2n) is 5.45. The van der Waals surface area contributed by atoms with E-state index in [9.17, 15) is 4.79 Å². The summed E-state index contributed by atoms with van der Waals surface area (Å²) >= 11 is 3.01. The zero-order valence-corrected chi connectivity index (χ0v) is 16.3. The Hall–Kier alpha value is -2.25. The summed E-state index contributed by atoms with van der Waals surface area (Å²) in [5.41, 5.74) is 1.86. The molecule has 3 aromatic rings. The molecular formula is C19H20N4OS2. The van der Waals surface area contributed by atoms with E-state index >= 15 is 0 Å². The van der Waals surface area contributed by atoms with Crippen LogP contribution in [0.25, 0.3) is 11.4 Å². The number of aromatic nitrogens is 3. The fourth-order valence-electron chi connectivity index (χ4n) is 2.55. The molecule has 0 aliphatic heterocycles. The zero-order valence-electron chi connectivity index (χ0n) is 14.7. The highest BCUT2D eigenvalue weighted by Gasteiger charge is 2.14. The van der Waals surface area contributed by atoms with Crippen LogP contribution in [0, 0.1) is 0 Å². The quantitative estimate of drug-likeness (QED) is 0.611. The highest BCUT2D eigenvalue weighted by atomic mass is 32.2. The number of carbonyl (C=O) groups is 1. The summed E-state index contributed by atoms with van der Waals surface area (Å²) < 4.78 is 2.03. The Labute approximate surface area is 161 Å². The lowest BCUT2D eigenvalue weighted by Gasteiger charge is -2.09. The van der Waals surface area contributed by atoms with Gasteiger partial charge in [0.05, 0.1) is 11.4 Å². The zero-order chi connectivity index (χ0) is 18.4. The normalized spacial score (nSPS) is 10.7. The van der Waals surface area contributed by atoms with E-state index in [0.717, 1.165) is 33.7 Å². The average Bonchev–Trinajstić information content (AvgIpc) is 3.10. The number of hydrogen-bond donors (Lipinski definition) is 1. The Bertz CT molecular complexity index is 880. The molecule has 0 saturated carbocycles. The number of thioether (sulfide) groups is 2. The summed E-state index contributed by atoms with van der Waals surface area (Å²) in [6, 6.07) is 17.7. The first kappa shape index (κ1) is 18.5. The fraction of sp³-hybridized carbons (Fsp3) is 0.211. The number of amides is 1. The van der Waals surface area contributed by atoms with Crippen LogP contribution in [0.1, 0.15) is 6.92 Å². The summed E-state index contributed by atoms with van der Waals surface area (Å²) in [4.78, 5) is 13.4. The van der Waals surface area contributed by atoms with Crippen molar-refractivity contribution in [2.45, 2.75) is 23.5 Å². The highest BCUT2D eigenvalue weighted by Crippen LogP contribution is 2.26. The first-order chi connectivity index (χ1) is 12.7. The number of carbonyl (C=O) groups excluding carboxylic acids is 1. The minimum atomic E-state index is -0.0524. The monoisotopic (exact) mass is 384 g/mol. The first-order valence-corrected chi connectivity index (χ1v) is 10.5. The van der Waals surface area contributed by atoms with Gasteiger partial charge in [0.15, 0.2) is 11.0 Å². The number of anilines is 1. The molecule has 0 saturated heterocycles. The van der Waals surface area contributed by atoms with Crippen LogP contribution in [-0.4, -0.2) is 32.7 Å². The summed E-state index contributed by atoms with van der Waals surface area (Å²) in [7, 11) is 0. The number of hydrogen-bond acceptors (Lipinski definition) is 5. The molecule has 1 N–H and O–H groups in total. The van der Waals surface area contributed by atoms with Crippen LogP contribution in [0.3, 0.4) is 0 Å². The number of nitrogens with zero attached hydrogens (tertiary/aromatic N) is 3. The first-order valence-electron chi connectivity index (χ1n) is 8.27. The van der Waals surface area contributed by atoms with Crippen molar-refractivity contribution in [3.63, 3.8) is 0 Å². The molecule has 1 heterocycles. The largest absolute Gasteiger partial charge is 0.324 e. The van der Waals surface area contributed by atoms with Gasteiger partial charge < -0.3 is 9.88 Å². The van der Waals surface area contributed by atoms with Gasteiger partial charge in [-0.15, -0.1) is 22.0 Å². The van der Waals surface area contributed by atoms with E-state index in [1.165, 1.54) is 11.8 Å². The lowest BCUT2D eigenvalue weighted by molar-refractivity contribution is -0.113. The van der Waals surface area contributed by atoms with Crippen LogP contribution in [0.2, 0.25) is 0 Å². The van der Waals surface area contributed by atoms with Crippen LogP contribution < -0.4 is 5.32 Å². The van der Waals surface area contributed by atoms with Gasteiger partial charge in [-0.1, -0.05) is 54.2 Å². The maximum absolute atomic E-state index is 12.3. The molecule has 134 valence electrons. The number of para-hydroxylation sites is 1. The van der Waals surface area contributed by atoms with E-state index in [-0.39, 0.29) is 11.7 Å². The molecule has 2 aromatic carbocycles. The summed E-state index contributed by atoms with van der Waals surface area (Å²) in [6.07, 6.45) is 1.99. The molecule has 0 fully saturated rings. The number of benzene rings is 2. The molecule has 1 aromatic heterocycles. The maximum atomic E-state index is 12.3. The van der Waals surface area contributed by atoms with E-state index in [1.54, 1.807) is 11.8 Å². The molecule has 0 aliphatic rings. The van der Waals surface area contributed by atoms with Crippen molar-refractivity contribution in [2.75, 3.05) is 17.3 Å². The van der Waals surface area contributed by atoms with Crippen LogP contribution in [0.5, 0.6) is 0 Å². The van der Waals surface area contributed by atoms with Gasteiger partial charge in [0.25, 0.3) is 0 Å². The van der Waals surface area contributed by atoms with E-state index in [4.69, 9.17) is 0 Å². The SMILES string of the molecule is CCn1c(SCC(=O)Nc2ccccc2SC)nnc1-c1ccccc1. The van der Waals surface area contributed by atoms with Crippen molar-refractivity contribution in [1.29, 1.82) is 0 Å². The molecule has 26 heavy (non-hydrogen) atoms. The lowest BCUT2D eigenvalue weighted by atomic mass is 10.2. The molecule has 7 heteroatoms. The van der Waals surface area contributed by atoms with Gasteiger partial charge in [0.1, 0.15) is 0 Å². The molecule has 0 radical (unpaired) electrons. The molecule has 0 aliphatic carbocycles. The second kappa shape index (κ2) is 8.91. The minimum Gasteiger partial charge on any atom is -0.324 e. The second-order valence-corrected chi connectivity index (χ2v) is 7.24. The smallest absolute Gasteiger partial charge is 0.234 e. The van der Waals surface area contributed by atoms with Crippen molar-refractivity contribution in [2.24, 2.45) is 0 Å². The Balaban J connectivity index is 1.68. The van der Waals surface area contributed by atoms with Crippen LogP contribution >= 0.6 is 23.5 Å². The van der Waals surface area contributed by atoms with Gasteiger partial charge in [0, 0.05) is 17.0 Å². The molecule has 3 rings (SSSR count). The highest BCUT2D eigenvalue weighted by molar-refractivity contribution is 7.99. The molecule has 0 bridgehead atoms. The summed E-state index contributed by atoms with van der Waals surface area (Å²) in [5.74, 6) is 1.06. The third-order valence-electron chi connectivity index (χ3n) is 3.78. The predicted octanol–water partition coefficient (Wildman–Crippen LogP) is 4.42. The Morgan fingerprint density at radius 1 is 1.08 bits per heavy atom. The van der Waals surface area contributed by atoms with Gasteiger partial charge in [0.2, 0.25) is 5.91 Å². The number of rotatable bonds is 7. The van der Waals surface area contributed by atoms with Gasteiger partial charge in [-0.25, -0.2) is 0 Å². The van der Waals surface area contributed by atoms with E-state index in [2.05, 4.69) is 22.4 Å². The van der Waals surface area contributed by atoms with Crippen LogP contribution in [0.4, 0.5) is 5.69 Å². The molecule has 0 spiro atoms. The van der Waals surface area contributed by atoms with Gasteiger partial charge in [-0.2, -0.15) is 0 Å². The fourth-order valence-corrected chi connectivity index (χ4v) is 3.90. The van der Waals surface area contributed by atoms with Crippen molar-refractivity contribution >= 4 is 35.1 Å². The van der Waals surface area contributed by atoms with Crippen molar-refractivity contribution < 1.29 is 4.79 Å². The van der Waals surface area contributed by atoms with Crippen LogP contribution in [0.15, 0.2) is 64.6 Å². The Kier molecular flexibility index (Phi) is 6.35. The average molecular weight is 385 g/mol. The minimum absolute atomic E-state index is 0.0524. The third kappa shape index (κ3) is 4.28. The van der Waals surface area contributed by atoms with Gasteiger partial charge >= 0.3 is 0 Å². The van der Waals surface area contributed by atoms with E-state index in [0.29, 0.717) is 0 Å². The number of nitrogens with one attached hydrogen (secondary N) is 1. The molecular weight excluding hydrogens is 364 g/mol. The standard InChI is InChI=1S/C19H20N4OS2/c1-3-23-18(14-9-5-4-6-10-14)21-22-19(23)26-13-17(24)20-15-11-7-8-12-16(15)25-2/h4-12H,3,13H2,1-2H3,(H,20,24). The van der Waals surface area contributed by atoms with Crippen molar-refractivity contribution in [3.8, 4) is 11.4 Å². The van der Waals surface area contributed by atoms with Gasteiger partial charge in [-0.05, 0) is 25.3 Å². The molecule has 5 nitrogen and oxygen atoms in total. The molecule has 0 unspecified atom stereocenters. The van der Waals surface area contributed by atoms with Crippen molar-refractivity contribution in [1.82, 2.24) is 14.8 Å². The predicted molar refractivity (Wildman–Crippen MR) is 109 cm³/mol. The molecule has 1 amide bonds. The topological polar surface area (TPSA) is 59.8 Å². The van der Waals surface area contributed by atoms with E-state index in [1.807, 2.05) is 65.4 Å². The maximum Gasteiger partial charge on any atom is 0.234 e.